The molecule has 0 spiro atoms. The zero-order chi connectivity index (χ0) is 12.8. The highest BCUT2D eigenvalue weighted by molar-refractivity contribution is 5.84. The molecule has 0 bridgehead atoms. The smallest absolute Gasteiger partial charge is 0.136 e. The van der Waals surface area contributed by atoms with Crippen LogP contribution in [0.3, 0.4) is 0 Å². The van der Waals surface area contributed by atoms with Crippen LogP contribution in [-0.4, -0.2) is 11.6 Å². The predicted molar refractivity (Wildman–Crippen MR) is 67.6 cm³/mol. The van der Waals surface area contributed by atoms with Crippen LogP contribution >= 0.6 is 0 Å². The Morgan fingerprint density at radius 2 is 2.06 bits per heavy atom. The summed E-state index contributed by atoms with van der Waals surface area (Å²) >= 11 is 0. The second-order valence-corrected chi connectivity index (χ2v) is 6.70. The van der Waals surface area contributed by atoms with Gasteiger partial charge in [0.15, 0.2) is 0 Å². The molecule has 0 aromatic carbocycles. The lowest BCUT2D eigenvalue weighted by Gasteiger charge is -2.15. The summed E-state index contributed by atoms with van der Waals surface area (Å²) in [5.74, 6) is 2.70. The van der Waals surface area contributed by atoms with Gasteiger partial charge in [-0.1, -0.05) is 20.8 Å². The van der Waals surface area contributed by atoms with E-state index < -0.39 is 0 Å². The number of Topliss-reactive ketones (excluding diaryl/α,β-unsaturated/α-hetero) is 2. The summed E-state index contributed by atoms with van der Waals surface area (Å²) in [5, 5.41) is 0. The zero-order valence-corrected chi connectivity index (χ0v) is 11.5. The molecule has 2 aliphatic carbocycles. The highest BCUT2D eigenvalue weighted by Gasteiger charge is 2.62. The molecule has 2 aliphatic rings. The molecule has 96 valence electrons. The van der Waals surface area contributed by atoms with Crippen molar-refractivity contribution in [1.29, 1.82) is 0 Å². The average molecular weight is 236 g/mol. The van der Waals surface area contributed by atoms with Gasteiger partial charge in [-0.05, 0) is 42.9 Å². The van der Waals surface area contributed by atoms with Crippen molar-refractivity contribution in [3.8, 4) is 0 Å². The Kier molecular flexibility index (Phi) is 3.17. The predicted octanol–water partition coefficient (Wildman–Crippen LogP) is 3.24. The van der Waals surface area contributed by atoms with Gasteiger partial charge >= 0.3 is 0 Å². The van der Waals surface area contributed by atoms with Crippen molar-refractivity contribution in [2.75, 3.05) is 0 Å². The molecule has 0 radical (unpaired) electrons. The molecule has 0 amide bonds. The van der Waals surface area contributed by atoms with Crippen LogP contribution in [0.2, 0.25) is 0 Å². The molecule has 0 N–H and O–H groups in total. The molecule has 2 nitrogen and oxygen atoms in total. The van der Waals surface area contributed by atoms with Crippen LogP contribution < -0.4 is 0 Å². The summed E-state index contributed by atoms with van der Waals surface area (Å²) < 4.78 is 0. The fraction of sp³-hybridized carbons (Fsp3) is 0.867. The van der Waals surface area contributed by atoms with Crippen LogP contribution in [0.25, 0.3) is 0 Å². The Morgan fingerprint density at radius 1 is 1.41 bits per heavy atom. The maximum atomic E-state index is 12.0. The van der Waals surface area contributed by atoms with E-state index in [0.29, 0.717) is 30.0 Å². The molecule has 2 heteroatoms. The molecule has 2 rings (SSSR count). The van der Waals surface area contributed by atoms with Gasteiger partial charge in [0.05, 0.1) is 0 Å². The van der Waals surface area contributed by atoms with E-state index in [9.17, 15) is 9.59 Å². The maximum Gasteiger partial charge on any atom is 0.136 e. The maximum absolute atomic E-state index is 12.0. The Balaban J connectivity index is 2.02. The van der Waals surface area contributed by atoms with Gasteiger partial charge in [-0.25, -0.2) is 0 Å². The van der Waals surface area contributed by atoms with Gasteiger partial charge in [-0.3, -0.25) is 4.79 Å². The third kappa shape index (κ3) is 2.19. The minimum Gasteiger partial charge on any atom is -0.300 e. The Bertz CT molecular complexity index is 343. The molecule has 0 aromatic rings. The van der Waals surface area contributed by atoms with E-state index in [0.717, 1.165) is 19.3 Å². The summed E-state index contributed by atoms with van der Waals surface area (Å²) in [6, 6.07) is 0. The van der Waals surface area contributed by atoms with Crippen molar-refractivity contribution in [1.82, 2.24) is 0 Å². The van der Waals surface area contributed by atoms with Crippen LogP contribution in [0.15, 0.2) is 0 Å². The van der Waals surface area contributed by atoms with Crippen molar-refractivity contribution in [3.63, 3.8) is 0 Å². The summed E-state index contributed by atoms with van der Waals surface area (Å²) in [4.78, 5) is 23.0. The first-order chi connectivity index (χ1) is 7.85. The lowest BCUT2D eigenvalue weighted by molar-refractivity contribution is -0.122. The van der Waals surface area contributed by atoms with Gasteiger partial charge in [-0.2, -0.15) is 0 Å². The third-order valence-corrected chi connectivity index (χ3v) is 5.16. The minimum absolute atomic E-state index is 0.272. The second kappa shape index (κ2) is 4.22. The van der Waals surface area contributed by atoms with Gasteiger partial charge < -0.3 is 4.79 Å². The first-order valence-corrected chi connectivity index (χ1v) is 6.88. The van der Waals surface area contributed by atoms with E-state index >= 15 is 0 Å². The van der Waals surface area contributed by atoms with E-state index in [1.165, 1.54) is 0 Å². The van der Waals surface area contributed by atoms with Crippen molar-refractivity contribution in [2.24, 2.45) is 29.1 Å². The summed E-state index contributed by atoms with van der Waals surface area (Å²) in [6.45, 7) is 8.40. The quantitative estimate of drug-likeness (QED) is 0.751. The summed E-state index contributed by atoms with van der Waals surface area (Å²) in [5.41, 5.74) is 0.272. The van der Waals surface area contributed by atoms with Gasteiger partial charge in [-0.15, -0.1) is 0 Å². The normalized spacial score (nSPS) is 39.4. The highest BCUT2D eigenvalue weighted by atomic mass is 16.1. The monoisotopic (exact) mass is 236 g/mol. The molecule has 0 aliphatic heterocycles. The number of hydrogen-bond donors (Lipinski definition) is 0. The fourth-order valence-electron chi connectivity index (χ4n) is 4.00. The number of carbonyl (C=O) groups excluding carboxylic acids is 2. The Labute approximate surface area is 104 Å². The van der Waals surface area contributed by atoms with Crippen LogP contribution in [0.4, 0.5) is 0 Å². The summed E-state index contributed by atoms with van der Waals surface area (Å²) in [6.07, 6.45) is 3.50. The molecule has 2 saturated carbocycles. The van der Waals surface area contributed by atoms with Crippen LogP contribution in [-0.2, 0) is 9.59 Å². The first kappa shape index (κ1) is 12.8. The molecule has 0 saturated heterocycles. The SMILES string of the molecule is CC(=O)CC[C@@H]1[C@H]([C@H]2C(=O)CC[C@H]2C)C1(C)C. The molecular weight excluding hydrogens is 212 g/mol. The topological polar surface area (TPSA) is 34.1 Å². The number of carbonyl (C=O) groups is 2. The largest absolute Gasteiger partial charge is 0.300 e. The van der Waals surface area contributed by atoms with Crippen LogP contribution in [0.1, 0.15) is 53.4 Å². The van der Waals surface area contributed by atoms with Crippen LogP contribution in [0.5, 0.6) is 0 Å². The molecule has 0 aromatic heterocycles. The molecule has 0 unspecified atom stereocenters. The molecule has 17 heavy (non-hydrogen) atoms. The molecular formula is C15H24O2. The lowest BCUT2D eigenvalue weighted by atomic mass is 9.88. The van der Waals surface area contributed by atoms with Crippen molar-refractivity contribution in [2.45, 2.75) is 53.4 Å². The number of hydrogen-bond acceptors (Lipinski definition) is 2. The van der Waals surface area contributed by atoms with E-state index in [1.54, 1.807) is 6.92 Å². The zero-order valence-electron chi connectivity index (χ0n) is 11.5. The van der Waals surface area contributed by atoms with Gasteiger partial charge in [0, 0.05) is 18.8 Å². The van der Waals surface area contributed by atoms with Gasteiger partial charge in [0.1, 0.15) is 11.6 Å². The van der Waals surface area contributed by atoms with Gasteiger partial charge in [0.2, 0.25) is 0 Å². The molecule has 2 fully saturated rings. The Morgan fingerprint density at radius 3 is 2.53 bits per heavy atom. The Hall–Kier alpha value is -0.660. The van der Waals surface area contributed by atoms with E-state index in [2.05, 4.69) is 20.8 Å². The summed E-state index contributed by atoms with van der Waals surface area (Å²) in [7, 11) is 0. The third-order valence-electron chi connectivity index (χ3n) is 5.16. The van der Waals surface area contributed by atoms with E-state index in [4.69, 9.17) is 0 Å². The van der Waals surface area contributed by atoms with Gasteiger partial charge in [0.25, 0.3) is 0 Å². The van der Waals surface area contributed by atoms with Crippen molar-refractivity contribution < 1.29 is 9.59 Å². The standard InChI is InChI=1S/C15H24O2/c1-9-5-8-12(17)13(9)14-11(15(14,3)4)7-6-10(2)16/h9,11,13-14H,5-8H2,1-4H3/t9-,11-,13-,14-/m1/s1. The van der Waals surface area contributed by atoms with Crippen LogP contribution in [0, 0.1) is 29.1 Å². The number of rotatable bonds is 4. The van der Waals surface area contributed by atoms with E-state index in [1.807, 2.05) is 0 Å². The molecule has 0 heterocycles. The lowest BCUT2D eigenvalue weighted by Crippen LogP contribution is -2.18. The van der Waals surface area contributed by atoms with E-state index in [-0.39, 0.29) is 17.1 Å². The minimum atomic E-state index is 0.272. The van der Waals surface area contributed by atoms with Crippen molar-refractivity contribution in [3.05, 3.63) is 0 Å². The average Bonchev–Trinajstić information content (AvgIpc) is 2.57. The first-order valence-electron chi connectivity index (χ1n) is 6.88. The highest BCUT2D eigenvalue weighted by Crippen LogP contribution is 2.66. The fourth-order valence-corrected chi connectivity index (χ4v) is 4.00. The van der Waals surface area contributed by atoms with Crippen molar-refractivity contribution >= 4 is 11.6 Å². The molecule has 4 atom stereocenters. The number of ketones is 2. The second-order valence-electron chi connectivity index (χ2n) is 6.70.